The number of carboxylic acids is 1. The summed E-state index contributed by atoms with van der Waals surface area (Å²) in [6, 6.07) is 7.01. The highest BCUT2D eigenvalue weighted by Gasteiger charge is 2.44. The number of benzene rings is 1. The largest absolute Gasteiger partial charge is 0.480 e. The number of piperidine rings is 1. The maximum atomic E-state index is 12.7. The summed E-state index contributed by atoms with van der Waals surface area (Å²) in [5, 5.41) is 12.3. The van der Waals surface area contributed by atoms with E-state index in [0.29, 0.717) is 44.5 Å². The lowest BCUT2D eigenvalue weighted by atomic mass is 9.86. The van der Waals surface area contributed by atoms with Gasteiger partial charge >= 0.3 is 12.1 Å². The van der Waals surface area contributed by atoms with E-state index < -0.39 is 17.7 Å². The molecular formula is C18H22N4O5. The standard InChI is InChI=1S/C18H22N4O5/c19-20-11-13-1-3-14(4-2-13)16(25)21-8-5-18(6-9-21)7-10-22(12-15(23)24)17(26)27-18/h1-4,11H,5-10,12,19H2,(H,23,24). The number of aliphatic carboxylic acids is 1. The summed E-state index contributed by atoms with van der Waals surface area (Å²) < 4.78 is 5.56. The van der Waals surface area contributed by atoms with Crippen molar-refractivity contribution in [3.05, 3.63) is 35.4 Å². The third-order valence-corrected chi connectivity index (χ3v) is 5.07. The number of carbonyl (C=O) groups is 3. The molecule has 0 radical (unpaired) electrons. The van der Waals surface area contributed by atoms with Gasteiger partial charge in [-0.3, -0.25) is 14.5 Å². The average Bonchev–Trinajstić information content (AvgIpc) is 2.65. The van der Waals surface area contributed by atoms with Crippen LogP contribution in [0.1, 0.15) is 35.2 Å². The van der Waals surface area contributed by atoms with Crippen molar-refractivity contribution in [1.82, 2.24) is 9.80 Å². The van der Waals surface area contributed by atoms with Gasteiger partial charge in [-0.25, -0.2) is 4.79 Å². The summed E-state index contributed by atoms with van der Waals surface area (Å²) in [4.78, 5) is 38.5. The van der Waals surface area contributed by atoms with Crippen molar-refractivity contribution in [3.63, 3.8) is 0 Å². The molecule has 0 atom stereocenters. The lowest BCUT2D eigenvalue weighted by molar-refractivity contribution is -0.140. The number of ether oxygens (including phenoxy) is 1. The Hall–Kier alpha value is -3.10. The van der Waals surface area contributed by atoms with Crippen LogP contribution in [0.4, 0.5) is 4.79 Å². The molecule has 2 aliphatic rings. The molecule has 0 saturated carbocycles. The van der Waals surface area contributed by atoms with Gasteiger partial charge in [0.15, 0.2) is 0 Å². The molecule has 144 valence electrons. The smallest absolute Gasteiger partial charge is 0.410 e. The van der Waals surface area contributed by atoms with E-state index in [2.05, 4.69) is 5.10 Å². The van der Waals surface area contributed by atoms with Crippen LogP contribution in [0, 0.1) is 0 Å². The minimum Gasteiger partial charge on any atom is -0.480 e. The Morgan fingerprint density at radius 3 is 2.37 bits per heavy atom. The first-order valence-electron chi connectivity index (χ1n) is 8.75. The molecule has 0 unspecified atom stereocenters. The van der Waals surface area contributed by atoms with E-state index in [-0.39, 0.29) is 12.5 Å². The highest BCUT2D eigenvalue weighted by Crippen LogP contribution is 2.34. The molecule has 9 heteroatoms. The third kappa shape index (κ3) is 4.18. The van der Waals surface area contributed by atoms with Gasteiger partial charge in [0, 0.05) is 44.5 Å². The van der Waals surface area contributed by atoms with Crippen LogP contribution < -0.4 is 5.84 Å². The van der Waals surface area contributed by atoms with Crippen molar-refractivity contribution in [1.29, 1.82) is 0 Å². The predicted molar refractivity (Wildman–Crippen MR) is 96.4 cm³/mol. The molecule has 2 aliphatic heterocycles. The molecule has 9 nitrogen and oxygen atoms in total. The second-order valence-electron chi connectivity index (χ2n) is 6.81. The number of hydrogen-bond acceptors (Lipinski definition) is 6. The number of carbonyl (C=O) groups excluding carboxylic acids is 2. The van der Waals surface area contributed by atoms with Gasteiger partial charge in [0.1, 0.15) is 12.1 Å². The summed E-state index contributed by atoms with van der Waals surface area (Å²) in [5.74, 6) is 3.98. The quantitative estimate of drug-likeness (QED) is 0.458. The van der Waals surface area contributed by atoms with E-state index in [4.69, 9.17) is 15.7 Å². The fraction of sp³-hybridized carbons (Fsp3) is 0.444. The molecule has 0 bridgehead atoms. The van der Waals surface area contributed by atoms with Crippen molar-refractivity contribution in [2.24, 2.45) is 10.9 Å². The highest BCUT2D eigenvalue weighted by molar-refractivity contribution is 5.95. The Balaban J connectivity index is 1.58. The zero-order chi connectivity index (χ0) is 19.4. The summed E-state index contributed by atoms with van der Waals surface area (Å²) in [5.41, 5.74) is 0.782. The van der Waals surface area contributed by atoms with E-state index >= 15 is 0 Å². The van der Waals surface area contributed by atoms with Crippen LogP contribution in [0.5, 0.6) is 0 Å². The van der Waals surface area contributed by atoms with E-state index in [1.54, 1.807) is 29.2 Å². The third-order valence-electron chi connectivity index (χ3n) is 5.07. The Morgan fingerprint density at radius 2 is 1.81 bits per heavy atom. The Labute approximate surface area is 156 Å². The minimum atomic E-state index is -1.06. The van der Waals surface area contributed by atoms with Gasteiger partial charge < -0.3 is 20.6 Å². The van der Waals surface area contributed by atoms with Gasteiger partial charge in [0.2, 0.25) is 0 Å². The zero-order valence-electron chi connectivity index (χ0n) is 14.8. The number of hydrazone groups is 1. The predicted octanol–water partition coefficient (Wildman–Crippen LogP) is 0.881. The normalized spacial score (nSPS) is 19.3. The van der Waals surface area contributed by atoms with E-state index in [1.165, 1.54) is 11.1 Å². The molecule has 1 aromatic carbocycles. The molecule has 2 saturated heterocycles. The maximum Gasteiger partial charge on any atom is 0.410 e. The number of nitrogens with two attached hydrogens (primary N) is 1. The maximum absolute atomic E-state index is 12.7. The summed E-state index contributed by atoms with van der Waals surface area (Å²) in [6.45, 7) is 0.960. The van der Waals surface area contributed by atoms with Crippen LogP contribution in [-0.2, 0) is 9.53 Å². The van der Waals surface area contributed by atoms with E-state index in [1.807, 2.05) is 0 Å². The molecule has 2 fully saturated rings. The number of hydrogen-bond donors (Lipinski definition) is 2. The first-order chi connectivity index (χ1) is 12.9. The monoisotopic (exact) mass is 374 g/mol. The summed E-state index contributed by atoms with van der Waals surface area (Å²) in [6.07, 6.45) is 2.57. The van der Waals surface area contributed by atoms with Crippen molar-refractivity contribution in [2.75, 3.05) is 26.2 Å². The van der Waals surface area contributed by atoms with Crippen LogP contribution in [0.3, 0.4) is 0 Å². The second-order valence-corrected chi connectivity index (χ2v) is 6.81. The molecule has 0 aliphatic carbocycles. The molecule has 1 spiro atoms. The first kappa shape index (κ1) is 18.7. The zero-order valence-corrected chi connectivity index (χ0v) is 14.8. The van der Waals surface area contributed by atoms with Gasteiger partial charge in [0.05, 0.1) is 6.21 Å². The van der Waals surface area contributed by atoms with Crippen LogP contribution in [-0.4, -0.2) is 70.9 Å². The van der Waals surface area contributed by atoms with Gasteiger partial charge in [-0.2, -0.15) is 5.10 Å². The van der Waals surface area contributed by atoms with Crippen molar-refractivity contribution < 1.29 is 24.2 Å². The average molecular weight is 374 g/mol. The molecule has 3 N–H and O–H groups in total. The topological polar surface area (TPSA) is 126 Å². The SMILES string of the molecule is NN=Cc1ccc(C(=O)N2CCC3(CCN(CC(=O)O)C(=O)O3)CC2)cc1. The van der Waals surface area contributed by atoms with Crippen LogP contribution in [0.25, 0.3) is 0 Å². The van der Waals surface area contributed by atoms with E-state index in [0.717, 1.165) is 5.56 Å². The van der Waals surface area contributed by atoms with Crippen LogP contribution >= 0.6 is 0 Å². The molecule has 0 aromatic heterocycles. The molecule has 2 heterocycles. The summed E-state index contributed by atoms with van der Waals surface area (Å²) in [7, 11) is 0. The van der Waals surface area contributed by atoms with Crippen molar-refractivity contribution in [3.8, 4) is 0 Å². The van der Waals surface area contributed by atoms with Crippen LogP contribution in [0.15, 0.2) is 29.4 Å². The Morgan fingerprint density at radius 1 is 1.19 bits per heavy atom. The van der Waals surface area contributed by atoms with Gasteiger partial charge in [-0.1, -0.05) is 12.1 Å². The number of carboxylic acid groups (broad SMARTS) is 1. The molecule has 27 heavy (non-hydrogen) atoms. The highest BCUT2D eigenvalue weighted by atomic mass is 16.6. The van der Waals surface area contributed by atoms with Crippen molar-refractivity contribution in [2.45, 2.75) is 24.9 Å². The van der Waals surface area contributed by atoms with Crippen LogP contribution in [0.2, 0.25) is 0 Å². The lowest BCUT2D eigenvalue weighted by Gasteiger charge is -2.45. The van der Waals surface area contributed by atoms with E-state index in [9.17, 15) is 14.4 Å². The number of likely N-dealkylation sites (tertiary alicyclic amines) is 1. The molecule has 1 aromatic rings. The molecular weight excluding hydrogens is 352 g/mol. The minimum absolute atomic E-state index is 0.0734. The number of amides is 2. The number of nitrogens with zero attached hydrogens (tertiary/aromatic N) is 3. The summed E-state index contributed by atoms with van der Waals surface area (Å²) >= 11 is 0. The fourth-order valence-electron chi connectivity index (χ4n) is 3.49. The van der Waals surface area contributed by atoms with Gasteiger partial charge in [0.25, 0.3) is 5.91 Å². The Bertz CT molecular complexity index is 754. The van der Waals surface area contributed by atoms with Crippen molar-refractivity contribution >= 4 is 24.2 Å². The Kier molecular flexibility index (Phi) is 5.29. The fourth-order valence-corrected chi connectivity index (χ4v) is 3.49. The molecule has 3 rings (SSSR count). The lowest BCUT2D eigenvalue weighted by Crippen LogP contribution is -2.56. The van der Waals surface area contributed by atoms with Gasteiger partial charge in [-0.15, -0.1) is 0 Å². The second kappa shape index (κ2) is 7.65. The molecule has 2 amide bonds. The van der Waals surface area contributed by atoms with Gasteiger partial charge in [-0.05, 0) is 17.7 Å². The number of rotatable bonds is 4. The first-order valence-corrected chi connectivity index (χ1v) is 8.75.